The third-order valence-electron chi connectivity index (χ3n) is 5.96. The second kappa shape index (κ2) is 8.07. The predicted octanol–water partition coefficient (Wildman–Crippen LogP) is 1.70. The summed E-state index contributed by atoms with van der Waals surface area (Å²) in [5.74, 6) is 0.270. The van der Waals surface area contributed by atoms with Crippen molar-refractivity contribution in [2.75, 3.05) is 45.8 Å². The largest absolute Gasteiger partial charge is 0.339 e. The van der Waals surface area contributed by atoms with Crippen molar-refractivity contribution in [1.29, 1.82) is 0 Å². The molecule has 2 N–H and O–H groups in total. The highest BCUT2D eigenvalue weighted by Crippen LogP contribution is 2.27. The number of likely N-dealkylation sites (tertiary alicyclic amines) is 1. The van der Waals surface area contributed by atoms with Crippen LogP contribution < -0.4 is 5.73 Å². The van der Waals surface area contributed by atoms with Crippen LogP contribution in [0.5, 0.6) is 0 Å². The highest BCUT2D eigenvalue weighted by molar-refractivity contribution is 5.78. The molecule has 2 fully saturated rings. The zero-order valence-corrected chi connectivity index (χ0v) is 16.6. The van der Waals surface area contributed by atoms with Crippen LogP contribution in [0.25, 0.3) is 0 Å². The molecule has 2 heterocycles. The fourth-order valence-electron chi connectivity index (χ4n) is 4.14. The van der Waals surface area contributed by atoms with E-state index < -0.39 is 0 Å². The van der Waals surface area contributed by atoms with Gasteiger partial charge < -0.3 is 10.6 Å². The first-order chi connectivity index (χ1) is 12.3. The molecule has 0 bridgehead atoms. The van der Waals surface area contributed by atoms with Gasteiger partial charge >= 0.3 is 0 Å². The van der Waals surface area contributed by atoms with Gasteiger partial charge in [-0.1, -0.05) is 43.7 Å². The Morgan fingerprint density at radius 3 is 2.54 bits per heavy atom. The molecule has 5 heteroatoms. The van der Waals surface area contributed by atoms with Crippen molar-refractivity contribution in [2.24, 2.45) is 11.1 Å². The van der Waals surface area contributed by atoms with Gasteiger partial charge in [0.05, 0.1) is 6.54 Å². The van der Waals surface area contributed by atoms with Crippen molar-refractivity contribution in [2.45, 2.75) is 39.8 Å². The summed E-state index contributed by atoms with van der Waals surface area (Å²) in [7, 11) is 0. The number of rotatable bonds is 4. The summed E-state index contributed by atoms with van der Waals surface area (Å²) in [6.07, 6.45) is 0.977. The van der Waals surface area contributed by atoms with Crippen molar-refractivity contribution in [1.82, 2.24) is 14.7 Å². The summed E-state index contributed by atoms with van der Waals surface area (Å²) in [6, 6.07) is 8.93. The van der Waals surface area contributed by atoms with Crippen LogP contribution in [-0.4, -0.2) is 72.5 Å². The molecule has 0 radical (unpaired) electrons. The number of nitrogens with zero attached hydrogens (tertiary/aromatic N) is 3. The smallest absolute Gasteiger partial charge is 0.236 e. The van der Waals surface area contributed by atoms with E-state index in [1.807, 2.05) is 4.90 Å². The minimum absolute atomic E-state index is 0.0883. The van der Waals surface area contributed by atoms with E-state index >= 15 is 0 Å². The second-order valence-electron chi connectivity index (χ2n) is 8.74. The first-order valence-corrected chi connectivity index (χ1v) is 9.87. The van der Waals surface area contributed by atoms with Crippen molar-refractivity contribution in [3.8, 4) is 0 Å². The quantitative estimate of drug-likeness (QED) is 0.890. The molecule has 0 aliphatic carbocycles. The maximum atomic E-state index is 12.7. The van der Waals surface area contributed by atoms with E-state index in [0.717, 1.165) is 52.2 Å². The molecule has 26 heavy (non-hydrogen) atoms. The summed E-state index contributed by atoms with van der Waals surface area (Å²) >= 11 is 0. The topological polar surface area (TPSA) is 52.8 Å². The van der Waals surface area contributed by atoms with E-state index in [-0.39, 0.29) is 17.4 Å². The Morgan fingerprint density at radius 1 is 1.15 bits per heavy atom. The average molecular weight is 359 g/mol. The summed E-state index contributed by atoms with van der Waals surface area (Å²) in [4.78, 5) is 19.5. The molecule has 1 aromatic carbocycles. The molecular formula is C21H34N4O. The van der Waals surface area contributed by atoms with Gasteiger partial charge in [-0.15, -0.1) is 0 Å². The number of amides is 1. The van der Waals surface area contributed by atoms with Gasteiger partial charge in [0.2, 0.25) is 5.91 Å². The standard InChI is InChI=1S/C21H34N4O/c1-17-5-4-6-18(13-17)14-23-9-11-25(12-10-23)20(26)15-24-8-7-19(22)21(2,3)16-24/h4-6,13,19H,7-12,14-16,22H2,1-3H3. The highest BCUT2D eigenvalue weighted by atomic mass is 16.2. The highest BCUT2D eigenvalue weighted by Gasteiger charge is 2.34. The molecule has 2 aliphatic rings. The molecule has 0 spiro atoms. The normalized spacial score (nSPS) is 24.6. The molecule has 3 rings (SSSR count). The number of piperidine rings is 1. The molecule has 0 saturated carbocycles. The summed E-state index contributed by atoms with van der Waals surface area (Å²) in [5.41, 5.74) is 8.96. The zero-order chi connectivity index (χ0) is 18.7. The van der Waals surface area contributed by atoms with Crippen LogP contribution in [0.3, 0.4) is 0 Å². The Labute approximate surface area is 158 Å². The minimum atomic E-state index is 0.0883. The van der Waals surface area contributed by atoms with Gasteiger partial charge in [0, 0.05) is 51.9 Å². The van der Waals surface area contributed by atoms with Crippen LogP contribution in [0, 0.1) is 12.3 Å². The predicted molar refractivity (Wildman–Crippen MR) is 106 cm³/mol. The molecule has 1 aromatic rings. The van der Waals surface area contributed by atoms with Crippen LogP contribution in [0.1, 0.15) is 31.4 Å². The van der Waals surface area contributed by atoms with Crippen LogP contribution in [-0.2, 0) is 11.3 Å². The number of hydrogen-bond donors (Lipinski definition) is 1. The Balaban J connectivity index is 1.45. The number of carbonyl (C=O) groups is 1. The van der Waals surface area contributed by atoms with Crippen LogP contribution >= 0.6 is 0 Å². The van der Waals surface area contributed by atoms with Gasteiger partial charge in [-0.25, -0.2) is 0 Å². The molecule has 1 amide bonds. The number of aryl methyl sites for hydroxylation is 1. The SMILES string of the molecule is Cc1cccc(CN2CCN(C(=O)CN3CCC(N)C(C)(C)C3)CC2)c1. The average Bonchev–Trinajstić information content (AvgIpc) is 2.58. The lowest BCUT2D eigenvalue weighted by Crippen LogP contribution is -2.56. The third kappa shape index (κ3) is 4.84. The van der Waals surface area contributed by atoms with Crippen molar-refractivity contribution in [3.63, 3.8) is 0 Å². The maximum absolute atomic E-state index is 12.7. The first-order valence-electron chi connectivity index (χ1n) is 9.87. The Morgan fingerprint density at radius 2 is 1.88 bits per heavy atom. The molecule has 5 nitrogen and oxygen atoms in total. The molecule has 1 atom stereocenters. The maximum Gasteiger partial charge on any atom is 0.236 e. The van der Waals surface area contributed by atoms with Gasteiger partial charge in [0.25, 0.3) is 0 Å². The summed E-state index contributed by atoms with van der Waals surface area (Å²) in [6.45, 7) is 13.5. The molecule has 1 unspecified atom stereocenters. The van der Waals surface area contributed by atoms with E-state index in [2.05, 4.69) is 54.8 Å². The van der Waals surface area contributed by atoms with Gasteiger partial charge in [-0.2, -0.15) is 0 Å². The number of piperazine rings is 1. The van der Waals surface area contributed by atoms with E-state index in [4.69, 9.17) is 5.73 Å². The molecular weight excluding hydrogens is 324 g/mol. The number of hydrogen-bond acceptors (Lipinski definition) is 4. The van der Waals surface area contributed by atoms with E-state index in [9.17, 15) is 4.79 Å². The fraction of sp³-hybridized carbons (Fsp3) is 0.667. The summed E-state index contributed by atoms with van der Waals surface area (Å²) < 4.78 is 0. The molecule has 0 aromatic heterocycles. The van der Waals surface area contributed by atoms with Crippen LogP contribution in [0.2, 0.25) is 0 Å². The first kappa shape index (κ1) is 19.3. The van der Waals surface area contributed by atoms with E-state index in [1.165, 1.54) is 11.1 Å². The lowest BCUT2D eigenvalue weighted by atomic mass is 9.80. The van der Waals surface area contributed by atoms with Gasteiger partial charge in [0.15, 0.2) is 0 Å². The summed E-state index contributed by atoms with van der Waals surface area (Å²) in [5, 5.41) is 0. The van der Waals surface area contributed by atoms with Crippen LogP contribution in [0.15, 0.2) is 24.3 Å². The zero-order valence-electron chi connectivity index (χ0n) is 16.6. The lowest BCUT2D eigenvalue weighted by molar-refractivity contribution is -0.135. The minimum Gasteiger partial charge on any atom is -0.339 e. The fourth-order valence-corrected chi connectivity index (χ4v) is 4.14. The second-order valence-corrected chi connectivity index (χ2v) is 8.74. The van der Waals surface area contributed by atoms with Crippen LogP contribution in [0.4, 0.5) is 0 Å². The molecule has 2 saturated heterocycles. The lowest BCUT2D eigenvalue weighted by Gasteiger charge is -2.43. The van der Waals surface area contributed by atoms with E-state index in [1.54, 1.807) is 0 Å². The molecule has 2 aliphatic heterocycles. The Bertz CT molecular complexity index is 622. The Kier molecular flexibility index (Phi) is 6.00. The molecule has 144 valence electrons. The van der Waals surface area contributed by atoms with Crippen molar-refractivity contribution < 1.29 is 4.79 Å². The number of nitrogens with two attached hydrogens (primary N) is 1. The van der Waals surface area contributed by atoms with E-state index in [0.29, 0.717) is 6.54 Å². The van der Waals surface area contributed by atoms with Crippen molar-refractivity contribution >= 4 is 5.91 Å². The van der Waals surface area contributed by atoms with Gasteiger partial charge in [-0.3, -0.25) is 14.6 Å². The monoisotopic (exact) mass is 358 g/mol. The number of carbonyl (C=O) groups excluding carboxylic acids is 1. The third-order valence-corrected chi connectivity index (χ3v) is 5.96. The Hall–Kier alpha value is -1.43. The van der Waals surface area contributed by atoms with Crippen molar-refractivity contribution in [3.05, 3.63) is 35.4 Å². The van der Waals surface area contributed by atoms with Gasteiger partial charge in [-0.05, 0) is 24.3 Å². The van der Waals surface area contributed by atoms with Gasteiger partial charge in [0.1, 0.15) is 0 Å². The number of benzene rings is 1.